The minimum absolute atomic E-state index is 0.00160. The quantitative estimate of drug-likeness (QED) is 0.596. The lowest BCUT2D eigenvalue weighted by atomic mass is 10.3. The Bertz CT molecular complexity index is 869. The Hall–Kier alpha value is -2.87. The maximum atomic E-state index is 12.6. The molecule has 0 saturated heterocycles. The number of hydrogen-bond donors (Lipinski definition) is 0. The average Bonchev–Trinajstić information content (AvgIpc) is 3.16. The van der Waals surface area contributed by atoms with Crippen LogP contribution >= 0.6 is 11.8 Å². The largest absolute Gasteiger partial charge is 0.494 e. The second-order valence-electron chi connectivity index (χ2n) is 5.31. The van der Waals surface area contributed by atoms with E-state index in [1.54, 1.807) is 16.7 Å². The molecule has 3 aromatic rings. The van der Waals surface area contributed by atoms with Gasteiger partial charge in [-0.15, -0.1) is 5.10 Å². The Labute approximate surface area is 156 Å². The molecule has 0 unspecified atom stereocenters. The van der Waals surface area contributed by atoms with E-state index in [0.29, 0.717) is 17.5 Å². The summed E-state index contributed by atoms with van der Waals surface area (Å²) in [5.74, 6) is 0.892. The molecule has 3 rings (SSSR count). The number of tetrazole rings is 1. The fourth-order valence-electron chi connectivity index (χ4n) is 2.54. The molecule has 0 atom stereocenters. The van der Waals surface area contributed by atoms with Gasteiger partial charge in [0.05, 0.1) is 12.9 Å². The molecule has 0 aliphatic rings. The van der Waals surface area contributed by atoms with E-state index in [2.05, 4.69) is 15.5 Å². The summed E-state index contributed by atoms with van der Waals surface area (Å²) in [6.45, 7) is 2.55. The van der Waals surface area contributed by atoms with Crippen molar-refractivity contribution in [3.05, 3.63) is 54.6 Å². The standard InChI is InChI=1S/C18H19N5O2S/c1-3-22(14-9-5-4-6-10-14)17(24)13-26-18-19-20-21-23(18)15-11-7-8-12-16(15)25-2/h4-12H,3,13H2,1-2H3. The summed E-state index contributed by atoms with van der Waals surface area (Å²) >= 11 is 1.29. The highest BCUT2D eigenvalue weighted by Gasteiger charge is 2.18. The van der Waals surface area contributed by atoms with Crippen LogP contribution in [0.2, 0.25) is 0 Å². The molecule has 1 amide bonds. The highest BCUT2D eigenvalue weighted by molar-refractivity contribution is 7.99. The van der Waals surface area contributed by atoms with Crippen molar-refractivity contribution in [2.75, 3.05) is 24.3 Å². The van der Waals surface area contributed by atoms with Crippen molar-refractivity contribution < 1.29 is 9.53 Å². The number of amides is 1. The van der Waals surface area contributed by atoms with Crippen molar-refractivity contribution >= 4 is 23.4 Å². The summed E-state index contributed by atoms with van der Waals surface area (Å²) in [5.41, 5.74) is 1.61. The molecule has 0 fully saturated rings. The second kappa shape index (κ2) is 8.48. The molecule has 0 spiro atoms. The summed E-state index contributed by atoms with van der Waals surface area (Å²) in [7, 11) is 1.60. The lowest BCUT2D eigenvalue weighted by Crippen LogP contribution is -2.32. The molecule has 1 aromatic heterocycles. The van der Waals surface area contributed by atoms with Gasteiger partial charge in [0.15, 0.2) is 0 Å². The van der Waals surface area contributed by atoms with Crippen LogP contribution in [0.25, 0.3) is 5.69 Å². The normalized spacial score (nSPS) is 10.5. The highest BCUT2D eigenvalue weighted by atomic mass is 32.2. The number of thioether (sulfide) groups is 1. The smallest absolute Gasteiger partial charge is 0.237 e. The molecule has 134 valence electrons. The molecule has 0 saturated carbocycles. The number of rotatable bonds is 7. The lowest BCUT2D eigenvalue weighted by molar-refractivity contribution is -0.116. The van der Waals surface area contributed by atoms with Crippen LogP contribution in [0, 0.1) is 0 Å². The predicted molar refractivity (Wildman–Crippen MR) is 101 cm³/mol. The van der Waals surface area contributed by atoms with Gasteiger partial charge < -0.3 is 9.64 Å². The SMILES string of the molecule is CCN(C(=O)CSc1nnnn1-c1ccccc1OC)c1ccccc1. The second-order valence-corrected chi connectivity index (χ2v) is 6.25. The van der Waals surface area contributed by atoms with Gasteiger partial charge in [-0.25, -0.2) is 0 Å². The highest BCUT2D eigenvalue weighted by Crippen LogP contribution is 2.26. The van der Waals surface area contributed by atoms with Gasteiger partial charge in [-0.1, -0.05) is 42.1 Å². The van der Waals surface area contributed by atoms with Crippen LogP contribution in [0.15, 0.2) is 59.8 Å². The van der Waals surface area contributed by atoms with E-state index in [-0.39, 0.29) is 11.7 Å². The van der Waals surface area contributed by atoms with E-state index in [0.717, 1.165) is 11.4 Å². The zero-order chi connectivity index (χ0) is 18.4. The number of aromatic nitrogens is 4. The van der Waals surface area contributed by atoms with Crippen LogP contribution in [-0.2, 0) is 4.79 Å². The summed E-state index contributed by atoms with van der Waals surface area (Å²) < 4.78 is 6.94. The molecule has 0 radical (unpaired) electrons. The molecule has 2 aromatic carbocycles. The topological polar surface area (TPSA) is 73.1 Å². The summed E-state index contributed by atoms with van der Waals surface area (Å²) in [6.07, 6.45) is 0. The molecular weight excluding hydrogens is 350 g/mol. The fraction of sp³-hybridized carbons (Fsp3) is 0.222. The van der Waals surface area contributed by atoms with Crippen LogP contribution in [-0.4, -0.2) is 45.5 Å². The summed E-state index contributed by atoms with van der Waals surface area (Å²) in [6, 6.07) is 17.1. The first-order valence-corrected chi connectivity index (χ1v) is 9.13. The Kier molecular flexibility index (Phi) is 5.85. The number of carbonyl (C=O) groups excluding carboxylic acids is 1. The van der Waals surface area contributed by atoms with Gasteiger partial charge in [-0.05, 0) is 41.6 Å². The maximum absolute atomic E-state index is 12.6. The molecule has 0 aliphatic carbocycles. The molecule has 0 bridgehead atoms. The Balaban J connectivity index is 1.75. The molecule has 7 nitrogen and oxygen atoms in total. The Morgan fingerprint density at radius 1 is 1.15 bits per heavy atom. The predicted octanol–water partition coefficient (Wildman–Crippen LogP) is 2.82. The first-order chi connectivity index (χ1) is 12.7. The van der Waals surface area contributed by atoms with Crippen LogP contribution in [0.1, 0.15) is 6.92 Å². The van der Waals surface area contributed by atoms with Gasteiger partial charge in [0.1, 0.15) is 11.4 Å². The maximum Gasteiger partial charge on any atom is 0.237 e. The van der Waals surface area contributed by atoms with Crippen LogP contribution < -0.4 is 9.64 Å². The molecule has 0 aliphatic heterocycles. The number of ether oxygens (including phenoxy) is 1. The third-order valence-corrected chi connectivity index (χ3v) is 4.67. The van der Waals surface area contributed by atoms with Crippen LogP contribution in [0.4, 0.5) is 5.69 Å². The Morgan fingerprint density at radius 3 is 2.62 bits per heavy atom. The first-order valence-electron chi connectivity index (χ1n) is 8.14. The first kappa shape index (κ1) is 17.9. The summed E-state index contributed by atoms with van der Waals surface area (Å²) in [5, 5.41) is 12.3. The minimum Gasteiger partial charge on any atom is -0.494 e. The number of anilines is 1. The van der Waals surface area contributed by atoms with E-state index in [4.69, 9.17) is 4.74 Å². The van der Waals surface area contributed by atoms with Crippen LogP contribution in [0.3, 0.4) is 0 Å². The number of hydrogen-bond acceptors (Lipinski definition) is 6. The molecular formula is C18H19N5O2S. The Morgan fingerprint density at radius 2 is 1.88 bits per heavy atom. The lowest BCUT2D eigenvalue weighted by Gasteiger charge is -2.20. The third kappa shape index (κ3) is 3.85. The molecule has 8 heteroatoms. The van der Waals surface area contributed by atoms with Gasteiger partial charge in [0.25, 0.3) is 0 Å². The number of methoxy groups -OCH3 is 1. The van der Waals surface area contributed by atoms with Gasteiger partial charge in [-0.3, -0.25) is 4.79 Å². The zero-order valence-corrected chi connectivity index (χ0v) is 15.4. The van der Waals surface area contributed by atoms with Crippen molar-refractivity contribution in [1.29, 1.82) is 0 Å². The number of benzene rings is 2. The minimum atomic E-state index is -0.00160. The van der Waals surface area contributed by atoms with Gasteiger partial charge in [-0.2, -0.15) is 4.68 Å². The van der Waals surface area contributed by atoms with Crippen molar-refractivity contribution in [2.24, 2.45) is 0 Å². The van der Waals surface area contributed by atoms with Gasteiger partial charge in [0, 0.05) is 12.2 Å². The van der Waals surface area contributed by atoms with E-state index >= 15 is 0 Å². The number of carbonyl (C=O) groups is 1. The van der Waals surface area contributed by atoms with E-state index in [1.165, 1.54) is 11.8 Å². The molecule has 0 N–H and O–H groups in total. The van der Waals surface area contributed by atoms with E-state index < -0.39 is 0 Å². The number of para-hydroxylation sites is 3. The van der Waals surface area contributed by atoms with Crippen molar-refractivity contribution in [3.63, 3.8) is 0 Å². The summed E-state index contributed by atoms with van der Waals surface area (Å²) in [4.78, 5) is 14.4. The van der Waals surface area contributed by atoms with Crippen LogP contribution in [0.5, 0.6) is 5.75 Å². The third-order valence-electron chi connectivity index (χ3n) is 3.76. The van der Waals surface area contributed by atoms with Crippen molar-refractivity contribution in [3.8, 4) is 11.4 Å². The van der Waals surface area contributed by atoms with Gasteiger partial charge >= 0.3 is 0 Å². The fourth-order valence-corrected chi connectivity index (χ4v) is 3.30. The van der Waals surface area contributed by atoms with Crippen molar-refractivity contribution in [2.45, 2.75) is 12.1 Å². The van der Waals surface area contributed by atoms with E-state index in [1.807, 2.05) is 61.5 Å². The zero-order valence-electron chi connectivity index (χ0n) is 14.6. The molecule has 1 heterocycles. The van der Waals surface area contributed by atoms with E-state index in [9.17, 15) is 4.79 Å². The number of nitrogens with zero attached hydrogens (tertiary/aromatic N) is 5. The molecule has 26 heavy (non-hydrogen) atoms. The monoisotopic (exact) mass is 369 g/mol. The van der Waals surface area contributed by atoms with Crippen molar-refractivity contribution in [1.82, 2.24) is 20.2 Å². The average molecular weight is 369 g/mol. The van der Waals surface area contributed by atoms with Gasteiger partial charge in [0.2, 0.25) is 11.1 Å².